The van der Waals surface area contributed by atoms with E-state index in [1.54, 1.807) is 6.08 Å². The quantitative estimate of drug-likeness (QED) is 0.623. The van der Waals surface area contributed by atoms with Crippen molar-refractivity contribution in [2.45, 2.75) is 19.8 Å². The number of rotatable bonds is 3. The summed E-state index contributed by atoms with van der Waals surface area (Å²) in [7, 11) is -2.88. The maximum atomic E-state index is 10.6. The number of unbranched alkanes of at least 4 members (excludes halogenated alkanes) is 1. The standard InChI is InChI=1S/C6H13O2P/c1-3-4-5-6-9(2,7)8/h5-6H,3-4H2,1-2H3,(H,7,8). The molecule has 2 nitrogen and oxygen atoms in total. The highest BCUT2D eigenvalue weighted by atomic mass is 31.2. The second-order valence-electron chi connectivity index (χ2n) is 2.12. The molecule has 0 aromatic heterocycles. The predicted octanol–water partition coefficient (Wildman–Crippen LogP) is 2.20. The van der Waals surface area contributed by atoms with Gasteiger partial charge in [0.25, 0.3) is 0 Å². The fourth-order valence-electron chi connectivity index (χ4n) is 0.437. The predicted molar refractivity (Wildman–Crippen MR) is 39.8 cm³/mol. The van der Waals surface area contributed by atoms with Crippen LogP contribution in [0.5, 0.6) is 0 Å². The molecule has 0 rings (SSSR count). The van der Waals surface area contributed by atoms with E-state index in [4.69, 9.17) is 4.89 Å². The molecule has 0 bridgehead atoms. The largest absolute Gasteiger partial charge is 0.342 e. The van der Waals surface area contributed by atoms with Gasteiger partial charge >= 0.3 is 0 Å². The summed E-state index contributed by atoms with van der Waals surface area (Å²) in [5.74, 6) is 1.39. The van der Waals surface area contributed by atoms with Crippen LogP contribution in [0.25, 0.3) is 0 Å². The van der Waals surface area contributed by atoms with Gasteiger partial charge in [-0.2, -0.15) is 0 Å². The molecule has 0 fully saturated rings. The molecule has 1 unspecified atom stereocenters. The summed E-state index contributed by atoms with van der Waals surface area (Å²) >= 11 is 0. The molecule has 0 aliphatic rings. The molecule has 3 heteroatoms. The van der Waals surface area contributed by atoms with Crippen molar-refractivity contribution in [3.8, 4) is 0 Å². The monoisotopic (exact) mass is 148 g/mol. The lowest BCUT2D eigenvalue weighted by atomic mass is 10.3. The summed E-state index contributed by atoms with van der Waals surface area (Å²) in [5.41, 5.74) is 0. The van der Waals surface area contributed by atoms with E-state index in [0.29, 0.717) is 0 Å². The number of allylic oxidation sites excluding steroid dienone is 1. The Labute approximate surface area is 56.0 Å². The molecule has 0 radical (unpaired) electrons. The summed E-state index contributed by atoms with van der Waals surface area (Å²) in [5, 5.41) is 0. The maximum Gasteiger partial charge on any atom is 0.219 e. The van der Waals surface area contributed by atoms with E-state index in [1.165, 1.54) is 12.5 Å². The lowest BCUT2D eigenvalue weighted by molar-refractivity contribution is 0.495. The summed E-state index contributed by atoms with van der Waals surface area (Å²) in [6.07, 6.45) is 3.66. The van der Waals surface area contributed by atoms with E-state index in [1.807, 2.05) is 6.92 Å². The summed E-state index contributed by atoms with van der Waals surface area (Å²) in [6, 6.07) is 0. The van der Waals surface area contributed by atoms with Gasteiger partial charge in [-0.3, -0.25) is 4.57 Å². The van der Waals surface area contributed by atoms with E-state index in [-0.39, 0.29) is 0 Å². The van der Waals surface area contributed by atoms with Crippen LogP contribution in [-0.2, 0) is 4.57 Å². The Morgan fingerprint density at radius 1 is 1.67 bits per heavy atom. The van der Waals surface area contributed by atoms with Gasteiger partial charge in [0.2, 0.25) is 7.37 Å². The molecule has 1 atom stereocenters. The van der Waals surface area contributed by atoms with Crippen molar-refractivity contribution in [1.29, 1.82) is 0 Å². The topological polar surface area (TPSA) is 37.3 Å². The summed E-state index contributed by atoms with van der Waals surface area (Å²) in [4.78, 5) is 8.71. The van der Waals surface area contributed by atoms with Crippen molar-refractivity contribution in [2.75, 3.05) is 6.66 Å². The third-order valence-corrected chi connectivity index (χ3v) is 1.60. The minimum atomic E-state index is -2.88. The fourth-order valence-corrected chi connectivity index (χ4v) is 0.977. The average molecular weight is 148 g/mol. The van der Waals surface area contributed by atoms with Gasteiger partial charge in [-0.05, 0) is 12.2 Å². The minimum Gasteiger partial charge on any atom is -0.342 e. The number of hydrogen-bond donors (Lipinski definition) is 1. The van der Waals surface area contributed by atoms with Crippen molar-refractivity contribution in [2.24, 2.45) is 0 Å². The zero-order valence-corrected chi connectivity index (χ0v) is 6.77. The van der Waals surface area contributed by atoms with Crippen LogP contribution in [0.15, 0.2) is 11.9 Å². The van der Waals surface area contributed by atoms with Crippen LogP contribution in [-0.4, -0.2) is 11.6 Å². The molecular weight excluding hydrogens is 135 g/mol. The first-order valence-electron chi connectivity index (χ1n) is 3.04. The Balaban J connectivity index is 3.58. The first kappa shape index (κ1) is 8.93. The normalized spacial score (nSPS) is 18.1. The lowest BCUT2D eigenvalue weighted by Gasteiger charge is -1.93. The van der Waals surface area contributed by atoms with E-state index >= 15 is 0 Å². The van der Waals surface area contributed by atoms with Crippen LogP contribution >= 0.6 is 7.37 Å². The van der Waals surface area contributed by atoms with Crippen molar-refractivity contribution in [3.63, 3.8) is 0 Å². The third kappa shape index (κ3) is 7.93. The highest BCUT2D eigenvalue weighted by molar-refractivity contribution is 7.60. The molecule has 9 heavy (non-hydrogen) atoms. The van der Waals surface area contributed by atoms with Crippen molar-refractivity contribution >= 4 is 7.37 Å². The molecule has 0 saturated heterocycles. The first-order chi connectivity index (χ1) is 4.06. The molecule has 0 aromatic rings. The highest BCUT2D eigenvalue weighted by Crippen LogP contribution is 2.36. The van der Waals surface area contributed by atoms with Crippen LogP contribution in [0.1, 0.15) is 19.8 Å². The van der Waals surface area contributed by atoms with Gasteiger partial charge in [-0.1, -0.05) is 19.4 Å². The Morgan fingerprint density at radius 2 is 2.22 bits per heavy atom. The third-order valence-electron chi connectivity index (χ3n) is 0.837. The van der Waals surface area contributed by atoms with Crippen LogP contribution in [0, 0.1) is 0 Å². The van der Waals surface area contributed by atoms with Crippen LogP contribution in [0.4, 0.5) is 0 Å². The smallest absolute Gasteiger partial charge is 0.219 e. The maximum absolute atomic E-state index is 10.6. The zero-order valence-electron chi connectivity index (χ0n) is 5.87. The lowest BCUT2D eigenvalue weighted by Crippen LogP contribution is -1.67. The van der Waals surface area contributed by atoms with E-state index in [9.17, 15) is 4.57 Å². The Bertz CT molecular complexity index is 134. The van der Waals surface area contributed by atoms with E-state index in [0.717, 1.165) is 12.8 Å². The molecule has 0 saturated carbocycles. The van der Waals surface area contributed by atoms with Crippen molar-refractivity contribution < 1.29 is 9.46 Å². The first-order valence-corrected chi connectivity index (χ1v) is 5.21. The van der Waals surface area contributed by atoms with Gasteiger partial charge in [-0.25, -0.2) is 0 Å². The van der Waals surface area contributed by atoms with Crippen molar-refractivity contribution in [1.82, 2.24) is 0 Å². The van der Waals surface area contributed by atoms with Crippen LogP contribution < -0.4 is 0 Å². The SMILES string of the molecule is CCCC=CP(C)(=O)O. The second kappa shape index (κ2) is 3.86. The number of hydrogen-bond acceptors (Lipinski definition) is 1. The summed E-state index contributed by atoms with van der Waals surface area (Å²) < 4.78 is 10.6. The van der Waals surface area contributed by atoms with E-state index in [2.05, 4.69) is 0 Å². The Kier molecular flexibility index (Phi) is 3.83. The van der Waals surface area contributed by atoms with Gasteiger partial charge in [-0.15, -0.1) is 0 Å². The van der Waals surface area contributed by atoms with Gasteiger partial charge in [0.1, 0.15) is 0 Å². The molecule has 54 valence electrons. The van der Waals surface area contributed by atoms with Crippen LogP contribution in [0.2, 0.25) is 0 Å². The van der Waals surface area contributed by atoms with Gasteiger partial charge in [0.15, 0.2) is 0 Å². The minimum absolute atomic E-state index is 0.887. The Hall–Kier alpha value is -0.0700. The molecule has 0 spiro atoms. The molecule has 0 amide bonds. The fraction of sp³-hybridized carbons (Fsp3) is 0.667. The van der Waals surface area contributed by atoms with Crippen molar-refractivity contribution in [3.05, 3.63) is 11.9 Å². The second-order valence-corrected chi connectivity index (χ2v) is 4.30. The Morgan fingerprint density at radius 3 is 2.56 bits per heavy atom. The zero-order chi connectivity index (χ0) is 7.33. The van der Waals surface area contributed by atoms with E-state index < -0.39 is 7.37 Å². The molecular formula is C6H13O2P. The van der Waals surface area contributed by atoms with Gasteiger partial charge in [0, 0.05) is 6.66 Å². The molecule has 1 N–H and O–H groups in total. The summed E-state index contributed by atoms with van der Waals surface area (Å²) in [6.45, 7) is 3.36. The molecule has 0 heterocycles. The van der Waals surface area contributed by atoms with Crippen LogP contribution in [0.3, 0.4) is 0 Å². The molecule has 0 aliphatic heterocycles. The van der Waals surface area contributed by atoms with Gasteiger partial charge < -0.3 is 4.89 Å². The highest BCUT2D eigenvalue weighted by Gasteiger charge is 1.99. The van der Waals surface area contributed by atoms with Gasteiger partial charge in [0.05, 0.1) is 0 Å². The molecule has 0 aliphatic carbocycles. The average Bonchev–Trinajstić information content (AvgIpc) is 1.63. The molecule has 0 aromatic carbocycles.